The average molecular weight is 333 g/mol. The summed E-state index contributed by atoms with van der Waals surface area (Å²) in [5, 5.41) is 0. The Morgan fingerprint density at radius 3 is 2.60 bits per heavy atom. The molecule has 2 aromatic rings. The number of amides is 1. The second kappa shape index (κ2) is 5.59. The summed E-state index contributed by atoms with van der Waals surface area (Å²) in [6.45, 7) is 4.45. The molecule has 2 aliphatic rings. The molecule has 0 fully saturated rings. The van der Waals surface area contributed by atoms with Gasteiger partial charge in [0.2, 0.25) is 5.60 Å². The summed E-state index contributed by atoms with van der Waals surface area (Å²) in [5.41, 5.74) is 3.53. The highest BCUT2D eigenvalue weighted by molar-refractivity contribution is 6.11. The number of rotatable bonds is 2. The molecule has 2 heterocycles. The molecule has 2 aliphatic heterocycles. The van der Waals surface area contributed by atoms with Gasteiger partial charge < -0.3 is 9.64 Å². The normalized spacial score (nSPS) is 21.6. The van der Waals surface area contributed by atoms with Gasteiger partial charge in [0.15, 0.2) is 5.78 Å². The maximum Gasteiger partial charge on any atom is 0.276 e. The lowest BCUT2D eigenvalue weighted by Gasteiger charge is -2.29. The number of allylic oxidation sites excluding steroid dienone is 1. The predicted octanol–water partition coefficient (Wildman–Crippen LogP) is 3.55. The molecule has 126 valence electrons. The Labute approximate surface area is 146 Å². The molecule has 4 nitrogen and oxygen atoms in total. The topological polar surface area (TPSA) is 46.6 Å². The van der Waals surface area contributed by atoms with Crippen molar-refractivity contribution in [1.29, 1.82) is 0 Å². The van der Waals surface area contributed by atoms with Crippen LogP contribution >= 0.6 is 0 Å². The molecule has 0 saturated heterocycles. The van der Waals surface area contributed by atoms with Crippen molar-refractivity contribution < 1.29 is 14.3 Å². The van der Waals surface area contributed by atoms with Gasteiger partial charge in [-0.3, -0.25) is 9.59 Å². The Morgan fingerprint density at radius 2 is 1.88 bits per heavy atom. The molecule has 0 aromatic heterocycles. The van der Waals surface area contributed by atoms with Crippen LogP contribution in [0.15, 0.2) is 54.8 Å². The number of hydrogen-bond acceptors (Lipinski definition) is 3. The maximum atomic E-state index is 13.4. The number of carbonyl (C=O) groups excluding carboxylic acids is 2. The number of anilines is 1. The van der Waals surface area contributed by atoms with Gasteiger partial charge in [-0.15, -0.1) is 0 Å². The van der Waals surface area contributed by atoms with Crippen LogP contribution in [0.25, 0.3) is 0 Å². The van der Waals surface area contributed by atoms with Crippen molar-refractivity contribution in [1.82, 2.24) is 0 Å². The Kier molecular flexibility index (Phi) is 3.49. The summed E-state index contributed by atoms with van der Waals surface area (Å²) >= 11 is 0. The number of benzene rings is 2. The highest BCUT2D eigenvalue weighted by Gasteiger charge is 2.55. The number of hydrogen-bond donors (Lipinski definition) is 0. The van der Waals surface area contributed by atoms with Crippen LogP contribution in [0, 0.1) is 13.8 Å². The Bertz CT molecular complexity index is 901. The van der Waals surface area contributed by atoms with Gasteiger partial charge in [0, 0.05) is 11.6 Å². The summed E-state index contributed by atoms with van der Waals surface area (Å²) < 4.78 is 5.82. The molecule has 1 spiro atoms. The van der Waals surface area contributed by atoms with Gasteiger partial charge in [-0.05, 0) is 31.0 Å². The van der Waals surface area contributed by atoms with Crippen LogP contribution in [0.1, 0.15) is 28.7 Å². The molecule has 25 heavy (non-hydrogen) atoms. The zero-order chi connectivity index (χ0) is 17.6. The predicted molar refractivity (Wildman–Crippen MR) is 95.1 cm³/mol. The van der Waals surface area contributed by atoms with Gasteiger partial charge in [-0.1, -0.05) is 42.0 Å². The van der Waals surface area contributed by atoms with E-state index in [1.807, 2.05) is 50.2 Å². The minimum absolute atomic E-state index is 0.0452. The number of carbonyl (C=O) groups is 2. The molecule has 0 N–H and O–H groups in total. The minimum atomic E-state index is -1.23. The lowest BCUT2D eigenvalue weighted by Crippen LogP contribution is -2.44. The van der Waals surface area contributed by atoms with E-state index in [2.05, 4.69) is 6.07 Å². The Morgan fingerprint density at radius 1 is 1.12 bits per heavy atom. The van der Waals surface area contributed by atoms with E-state index in [4.69, 9.17) is 4.74 Å². The molecule has 0 saturated carbocycles. The first-order chi connectivity index (χ1) is 12.0. The van der Waals surface area contributed by atoms with Crippen LogP contribution in [0.3, 0.4) is 0 Å². The minimum Gasteiger partial charge on any atom is -0.480 e. The second-order valence-corrected chi connectivity index (χ2v) is 6.75. The van der Waals surface area contributed by atoms with Crippen LogP contribution in [0.4, 0.5) is 5.69 Å². The molecule has 0 radical (unpaired) electrons. The molecule has 4 rings (SSSR count). The first kappa shape index (κ1) is 15.6. The zero-order valence-corrected chi connectivity index (χ0v) is 14.3. The number of nitrogens with zero attached hydrogens (tertiary/aromatic N) is 1. The van der Waals surface area contributed by atoms with Crippen molar-refractivity contribution in [2.45, 2.75) is 32.4 Å². The van der Waals surface area contributed by atoms with Gasteiger partial charge in [0.05, 0.1) is 24.9 Å². The summed E-state index contributed by atoms with van der Waals surface area (Å²) in [4.78, 5) is 27.2. The molecule has 0 unspecified atom stereocenters. The summed E-state index contributed by atoms with van der Waals surface area (Å²) in [6.07, 6.45) is 2.79. The lowest BCUT2D eigenvalue weighted by molar-refractivity contribution is -0.143. The highest BCUT2D eigenvalue weighted by atomic mass is 16.5. The van der Waals surface area contributed by atoms with Crippen molar-refractivity contribution in [2.75, 3.05) is 4.90 Å². The van der Waals surface area contributed by atoms with Crippen LogP contribution in [0.5, 0.6) is 0 Å². The third-order valence-electron chi connectivity index (χ3n) is 4.87. The summed E-state index contributed by atoms with van der Waals surface area (Å²) in [7, 11) is 0. The zero-order valence-electron chi connectivity index (χ0n) is 14.3. The van der Waals surface area contributed by atoms with Crippen LogP contribution in [-0.4, -0.2) is 11.7 Å². The number of ether oxygens (including phenoxy) is 1. The van der Waals surface area contributed by atoms with Crippen molar-refractivity contribution >= 4 is 17.4 Å². The van der Waals surface area contributed by atoms with Gasteiger partial charge in [-0.25, -0.2) is 0 Å². The monoisotopic (exact) mass is 333 g/mol. The lowest BCUT2D eigenvalue weighted by atomic mass is 9.87. The van der Waals surface area contributed by atoms with Crippen molar-refractivity contribution in [3.05, 3.63) is 77.1 Å². The number of ketones is 1. The van der Waals surface area contributed by atoms with Crippen molar-refractivity contribution in [3.8, 4) is 0 Å². The van der Waals surface area contributed by atoms with Crippen LogP contribution < -0.4 is 4.90 Å². The Balaban J connectivity index is 1.87. The number of fused-ring (bicyclic) bond motifs is 2. The quantitative estimate of drug-likeness (QED) is 0.844. The van der Waals surface area contributed by atoms with Crippen molar-refractivity contribution in [3.63, 3.8) is 0 Å². The molecule has 0 aliphatic carbocycles. The van der Waals surface area contributed by atoms with E-state index in [0.717, 1.165) is 27.9 Å². The Hall–Kier alpha value is -2.88. The van der Waals surface area contributed by atoms with Crippen molar-refractivity contribution in [2.24, 2.45) is 0 Å². The SMILES string of the molecule is Cc1cc(C)c2c(c1)[C@@]1(CC(=O)C=CO1)C(=O)N2Cc1ccccc1. The van der Waals surface area contributed by atoms with E-state index >= 15 is 0 Å². The fraction of sp³-hybridized carbons (Fsp3) is 0.238. The van der Waals surface area contributed by atoms with E-state index in [1.165, 1.54) is 12.3 Å². The summed E-state index contributed by atoms with van der Waals surface area (Å²) in [5.74, 6) is -0.260. The molecule has 0 bridgehead atoms. The summed E-state index contributed by atoms with van der Waals surface area (Å²) in [6, 6.07) is 13.9. The standard InChI is InChI=1S/C21H19NO3/c1-14-10-15(2)19-18(11-14)21(12-17(23)8-9-25-21)20(24)22(19)13-16-6-4-3-5-7-16/h3-11H,12-13H2,1-2H3/t21-/m0/s1. The second-order valence-electron chi connectivity index (χ2n) is 6.75. The molecule has 4 heteroatoms. The average Bonchev–Trinajstić information content (AvgIpc) is 2.79. The van der Waals surface area contributed by atoms with Gasteiger partial charge in [-0.2, -0.15) is 0 Å². The van der Waals surface area contributed by atoms with Gasteiger partial charge in [0.1, 0.15) is 0 Å². The smallest absolute Gasteiger partial charge is 0.276 e. The fourth-order valence-corrected chi connectivity index (χ4v) is 3.83. The third kappa shape index (κ3) is 2.37. The van der Waals surface area contributed by atoms with Gasteiger partial charge in [0.25, 0.3) is 5.91 Å². The van der Waals surface area contributed by atoms with E-state index in [9.17, 15) is 9.59 Å². The third-order valence-corrected chi connectivity index (χ3v) is 4.87. The molecule has 1 amide bonds. The van der Waals surface area contributed by atoms with E-state index in [0.29, 0.717) is 6.54 Å². The van der Waals surface area contributed by atoms with E-state index in [-0.39, 0.29) is 18.1 Å². The molecular formula is C21H19NO3. The van der Waals surface area contributed by atoms with Crippen LogP contribution in [-0.2, 0) is 26.5 Å². The van der Waals surface area contributed by atoms with Crippen LogP contribution in [0.2, 0.25) is 0 Å². The molecule has 1 atom stereocenters. The number of aryl methyl sites for hydroxylation is 2. The molecule has 2 aromatic carbocycles. The first-order valence-corrected chi connectivity index (χ1v) is 8.36. The van der Waals surface area contributed by atoms with E-state index < -0.39 is 5.60 Å². The van der Waals surface area contributed by atoms with E-state index in [1.54, 1.807) is 4.90 Å². The van der Waals surface area contributed by atoms with Gasteiger partial charge >= 0.3 is 0 Å². The highest BCUT2D eigenvalue weighted by Crippen LogP contribution is 2.48. The fourth-order valence-electron chi connectivity index (χ4n) is 3.83. The molecular weight excluding hydrogens is 314 g/mol. The first-order valence-electron chi connectivity index (χ1n) is 8.36. The largest absolute Gasteiger partial charge is 0.480 e. The maximum absolute atomic E-state index is 13.4.